The Hall–Kier alpha value is -1.95. The van der Waals surface area contributed by atoms with Gasteiger partial charge in [-0.15, -0.1) is 0 Å². The van der Waals surface area contributed by atoms with Gasteiger partial charge in [0.25, 0.3) is 0 Å². The minimum atomic E-state index is 0.0226. The normalized spacial score (nSPS) is 20.6. The number of carbonyl (C=O) groups excluding carboxylic acids is 1. The van der Waals surface area contributed by atoms with Gasteiger partial charge in [0.1, 0.15) is 0 Å². The molecule has 1 aromatic rings. The third-order valence-corrected chi connectivity index (χ3v) is 4.85. The Labute approximate surface area is 143 Å². The van der Waals surface area contributed by atoms with E-state index in [1.165, 1.54) is 19.4 Å². The maximum absolute atomic E-state index is 12.4. The van der Waals surface area contributed by atoms with Crippen molar-refractivity contribution < 1.29 is 14.3 Å². The summed E-state index contributed by atoms with van der Waals surface area (Å²) < 4.78 is 10.9. The van der Waals surface area contributed by atoms with E-state index in [1.54, 1.807) is 7.11 Å². The summed E-state index contributed by atoms with van der Waals surface area (Å²) >= 11 is 0. The number of methoxy groups -OCH3 is 1. The van der Waals surface area contributed by atoms with E-state index in [1.807, 2.05) is 30.0 Å². The first-order chi connectivity index (χ1) is 11.7. The maximum atomic E-state index is 12.4. The number of nitrogens with one attached hydrogen (secondary N) is 1. The number of amides is 2. The quantitative estimate of drug-likeness (QED) is 0.896. The van der Waals surface area contributed by atoms with Gasteiger partial charge >= 0.3 is 6.03 Å². The van der Waals surface area contributed by atoms with Crippen molar-refractivity contribution in [3.8, 4) is 11.5 Å². The van der Waals surface area contributed by atoms with Crippen molar-refractivity contribution >= 4 is 6.03 Å². The lowest BCUT2D eigenvalue weighted by atomic mass is 10.1. The minimum Gasteiger partial charge on any atom is -0.493 e. The molecule has 2 amide bonds. The van der Waals surface area contributed by atoms with Gasteiger partial charge in [-0.05, 0) is 44.0 Å². The number of hydrogen-bond acceptors (Lipinski definition) is 4. The van der Waals surface area contributed by atoms with E-state index in [4.69, 9.17) is 9.47 Å². The molecule has 0 aliphatic carbocycles. The molecule has 132 valence electrons. The summed E-state index contributed by atoms with van der Waals surface area (Å²) in [5.41, 5.74) is 1.00. The summed E-state index contributed by atoms with van der Waals surface area (Å²) in [5.74, 6) is 1.43. The zero-order chi connectivity index (χ0) is 16.9. The van der Waals surface area contributed by atoms with E-state index in [2.05, 4.69) is 10.2 Å². The Morgan fingerprint density at radius 3 is 2.96 bits per heavy atom. The molecule has 0 saturated carbocycles. The van der Waals surface area contributed by atoms with Crippen LogP contribution in [0.1, 0.15) is 25.3 Å². The molecule has 6 nitrogen and oxygen atoms in total. The molecule has 1 atom stereocenters. The van der Waals surface area contributed by atoms with Crippen LogP contribution in [0.25, 0.3) is 0 Å². The fraction of sp³-hybridized carbons (Fsp3) is 0.611. The summed E-state index contributed by atoms with van der Waals surface area (Å²) in [6.07, 6.45) is 2.46. The van der Waals surface area contributed by atoms with E-state index in [-0.39, 0.29) is 6.03 Å². The van der Waals surface area contributed by atoms with Crippen LogP contribution in [0.5, 0.6) is 11.5 Å². The molecule has 2 saturated heterocycles. The standard InChI is InChI=1S/C18H27N3O3/c1-3-24-16-7-6-14(11-17(16)23-2)12-19-18(22)21-10-9-20-8-4-5-15(20)13-21/h6-7,11,15H,3-5,8-10,12-13H2,1-2H3,(H,19,22). The van der Waals surface area contributed by atoms with Crippen molar-refractivity contribution in [2.45, 2.75) is 32.4 Å². The van der Waals surface area contributed by atoms with Crippen molar-refractivity contribution in [2.75, 3.05) is 39.9 Å². The van der Waals surface area contributed by atoms with Crippen molar-refractivity contribution in [1.29, 1.82) is 0 Å². The van der Waals surface area contributed by atoms with Crippen molar-refractivity contribution in [3.63, 3.8) is 0 Å². The number of hydrogen-bond donors (Lipinski definition) is 1. The highest BCUT2D eigenvalue weighted by Crippen LogP contribution is 2.28. The molecule has 2 aliphatic rings. The van der Waals surface area contributed by atoms with Gasteiger partial charge in [-0.3, -0.25) is 4.90 Å². The van der Waals surface area contributed by atoms with E-state index >= 15 is 0 Å². The highest BCUT2D eigenvalue weighted by molar-refractivity contribution is 5.74. The molecule has 24 heavy (non-hydrogen) atoms. The van der Waals surface area contributed by atoms with Gasteiger partial charge in [0.05, 0.1) is 13.7 Å². The number of ether oxygens (including phenoxy) is 2. The SMILES string of the molecule is CCOc1ccc(CNC(=O)N2CCN3CCCC3C2)cc1OC. The number of benzene rings is 1. The van der Waals surface area contributed by atoms with Gasteiger partial charge in [-0.25, -0.2) is 4.79 Å². The molecule has 3 rings (SSSR count). The fourth-order valence-corrected chi connectivity index (χ4v) is 3.56. The molecule has 6 heteroatoms. The van der Waals surface area contributed by atoms with Gasteiger partial charge in [-0.1, -0.05) is 6.07 Å². The Morgan fingerprint density at radius 1 is 1.29 bits per heavy atom. The highest BCUT2D eigenvalue weighted by atomic mass is 16.5. The van der Waals surface area contributed by atoms with Gasteiger partial charge in [0, 0.05) is 32.2 Å². The lowest BCUT2D eigenvalue weighted by molar-refractivity contribution is 0.117. The molecule has 0 radical (unpaired) electrons. The summed E-state index contributed by atoms with van der Waals surface area (Å²) in [4.78, 5) is 16.9. The zero-order valence-electron chi connectivity index (χ0n) is 14.6. The molecule has 1 N–H and O–H groups in total. The second-order valence-electron chi connectivity index (χ2n) is 6.35. The smallest absolute Gasteiger partial charge is 0.317 e. The number of rotatable bonds is 5. The van der Waals surface area contributed by atoms with Gasteiger partial charge in [0.2, 0.25) is 0 Å². The monoisotopic (exact) mass is 333 g/mol. The highest BCUT2D eigenvalue weighted by Gasteiger charge is 2.32. The first-order valence-corrected chi connectivity index (χ1v) is 8.77. The zero-order valence-corrected chi connectivity index (χ0v) is 14.6. The van der Waals surface area contributed by atoms with Crippen LogP contribution in [-0.2, 0) is 6.54 Å². The summed E-state index contributed by atoms with van der Waals surface area (Å²) in [5, 5.41) is 3.02. The van der Waals surface area contributed by atoms with Crippen LogP contribution in [0, 0.1) is 0 Å². The topological polar surface area (TPSA) is 54.0 Å². The average Bonchev–Trinajstić information content (AvgIpc) is 3.08. The molecule has 0 aromatic heterocycles. The predicted molar refractivity (Wildman–Crippen MR) is 92.6 cm³/mol. The van der Waals surface area contributed by atoms with Crippen LogP contribution in [0.15, 0.2) is 18.2 Å². The van der Waals surface area contributed by atoms with Crippen molar-refractivity contribution in [1.82, 2.24) is 15.1 Å². The number of nitrogens with zero attached hydrogens (tertiary/aromatic N) is 2. The number of fused-ring (bicyclic) bond motifs is 1. The average molecular weight is 333 g/mol. The Kier molecular flexibility index (Phi) is 5.45. The second kappa shape index (κ2) is 7.75. The first kappa shape index (κ1) is 16.9. The van der Waals surface area contributed by atoms with Crippen LogP contribution in [-0.4, -0.2) is 61.8 Å². The first-order valence-electron chi connectivity index (χ1n) is 8.77. The molecule has 1 aromatic carbocycles. The third-order valence-electron chi connectivity index (χ3n) is 4.85. The number of piperazine rings is 1. The molecule has 0 spiro atoms. The minimum absolute atomic E-state index is 0.0226. The molecule has 2 heterocycles. The van der Waals surface area contributed by atoms with E-state index in [0.717, 1.165) is 30.9 Å². The molecule has 2 aliphatic heterocycles. The van der Waals surface area contributed by atoms with E-state index in [0.29, 0.717) is 24.9 Å². The molecule has 2 fully saturated rings. The largest absolute Gasteiger partial charge is 0.493 e. The predicted octanol–water partition coefficient (Wildman–Crippen LogP) is 2.08. The Morgan fingerprint density at radius 2 is 2.17 bits per heavy atom. The Bertz CT molecular complexity index is 579. The van der Waals surface area contributed by atoms with Crippen LogP contribution < -0.4 is 14.8 Å². The summed E-state index contributed by atoms with van der Waals surface area (Å²) in [7, 11) is 1.63. The van der Waals surface area contributed by atoms with Crippen molar-refractivity contribution in [3.05, 3.63) is 23.8 Å². The summed E-state index contributed by atoms with van der Waals surface area (Å²) in [6, 6.07) is 6.34. The Balaban J connectivity index is 1.54. The second-order valence-corrected chi connectivity index (χ2v) is 6.35. The molecular weight excluding hydrogens is 306 g/mol. The van der Waals surface area contributed by atoms with Gasteiger partial charge < -0.3 is 19.7 Å². The van der Waals surface area contributed by atoms with E-state index in [9.17, 15) is 4.79 Å². The third kappa shape index (κ3) is 3.75. The number of carbonyl (C=O) groups is 1. The van der Waals surface area contributed by atoms with Crippen LogP contribution >= 0.6 is 0 Å². The number of urea groups is 1. The van der Waals surface area contributed by atoms with Crippen molar-refractivity contribution in [2.24, 2.45) is 0 Å². The lowest BCUT2D eigenvalue weighted by Crippen LogP contribution is -2.54. The fourth-order valence-electron chi connectivity index (χ4n) is 3.56. The lowest BCUT2D eigenvalue weighted by Gasteiger charge is -2.37. The van der Waals surface area contributed by atoms with Gasteiger partial charge in [-0.2, -0.15) is 0 Å². The molecular formula is C18H27N3O3. The molecule has 1 unspecified atom stereocenters. The molecule has 0 bridgehead atoms. The van der Waals surface area contributed by atoms with Crippen LogP contribution in [0.3, 0.4) is 0 Å². The van der Waals surface area contributed by atoms with E-state index < -0.39 is 0 Å². The van der Waals surface area contributed by atoms with Crippen LogP contribution in [0.2, 0.25) is 0 Å². The maximum Gasteiger partial charge on any atom is 0.317 e. The van der Waals surface area contributed by atoms with Gasteiger partial charge in [0.15, 0.2) is 11.5 Å². The summed E-state index contributed by atoms with van der Waals surface area (Å²) in [6.45, 7) is 6.87. The van der Waals surface area contributed by atoms with Crippen LogP contribution in [0.4, 0.5) is 4.79 Å².